The first kappa shape index (κ1) is 11.3. The van der Waals surface area contributed by atoms with Crippen LogP contribution in [0.3, 0.4) is 0 Å². The quantitative estimate of drug-likeness (QED) is 0.657. The van der Waals surface area contributed by atoms with Gasteiger partial charge in [-0.3, -0.25) is 14.9 Å². The molecule has 1 atom stereocenters. The van der Waals surface area contributed by atoms with Crippen molar-refractivity contribution in [3.63, 3.8) is 0 Å². The molecule has 90 valence electrons. The van der Waals surface area contributed by atoms with E-state index in [1.807, 2.05) is 6.92 Å². The first-order valence-corrected chi connectivity index (χ1v) is 5.30. The Morgan fingerprint density at radius 3 is 3.00 bits per heavy atom. The van der Waals surface area contributed by atoms with Crippen molar-refractivity contribution >= 4 is 23.6 Å². The Balaban J connectivity index is 2.34. The second-order valence-electron chi connectivity index (χ2n) is 3.74. The van der Waals surface area contributed by atoms with E-state index in [-0.39, 0.29) is 24.3 Å². The normalized spacial score (nSPS) is 20.3. The fraction of sp³-hybridized carbons (Fsp3) is 0.400. The van der Waals surface area contributed by atoms with E-state index in [0.29, 0.717) is 12.2 Å². The van der Waals surface area contributed by atoms with Gasteiger partial charge in [0, 0.05) is 6.20 Å². The molecule has 0 spiro atoms. The van der Waals surface area contributed by atoms with Crippen LogP contribution in [0.5, 0.6) is 0 Å². The van der Waals surface area contributed by atoms with E-state index >= 15 is 0 Å². The van der Waals surface area contributed by atoms with Gasteiger partial charge in [0.05, 0.1) is 6.54 Å². The number of nitrogens with zero attached hydrogens (tertiary/aromatic N) is 3. The molecule has 2 heterocycles. The third-order valence-electron chi connectivity index (χ3n) is 2.60. The van der Waals surface area contributed by atoms with Crippen molar-refractivity contribution in [2.75, 3.05) is 17.2 Å². The van der Waals surface area contributed by atoms with Gasteiger partial charge in [0.15, 0.2) is 0 Å². The summed E-state index contributed by atoms with van der Waals surface area (Å²) in [6.07, 6.45) is 2.09. The van der Waals surface area contributed by atoms with Crippen LogP contribution in [-0.2, 0) is 9.59 Å². The molecule has 2 rings (SSSR count). The molecule has 0 radical (unpaired) electrons. The molecule has 0 saturated carbocycles. The highest BCUT2D eigenvalue weighted by Gasteiger charge is 2.33. The molecular formula is C10H13N5O2. The van der Waals surface area contributed by atoms with E-state index in [2.05, 4.69) is 15.3 Å². The van der Waals surface area contributed by atoms with Crippen LogP contribution in [0.1, 0.15) is 13.3 Å². The van der Waals surface area contributed by atoms with Gasteiger partial charge in [0.2, 0.25) is 17.8 Å². The van der Waals surface area contributed by atoms with Gasteiger partial charge in [-0.15, -0.1) is 0 Å². The van der Waals surface area contributed by atoms with Crippen LogP contribution < -0.4 is 16.0 Å². The van der Waals surface area contributed by atoms with E-state index in [1.165, 1.54) is 6.20 Å². The Morgan fingerprint density at radius 1 is 1.59 bits per heavy atom. The van der Waals surface area contributed by atoms with Crippen LogP contribution in [-0.4, -0.2) is 34.4 Å². The fourth-order valence-corrected chi connectivity index (χ4v) is 1.84. The van der Waals surface area contributed by atoms with Gasteiger partial charge in [-0.05, 0) is 12.5 Å². The first-order chi connectivity index (χ1) is 8.11. The number of nitrogen functional groups attached to an aromatic ring is 1. The molecule has 17 heavy (non-hydrogen) atoms. The number of carbonyl (C=O) groups is 2. The summed E-state index contributed by atoms with van der Waals surface area (Å²) < 4.78 is 0. The molecule has 0 aromatic carbocycles. The van der Waals surface area contributed by atoms with Crippen LogP contribution in [0.4, 0.5) is 11.8 Å². The average molecular weight is 235 g/mol. The minimum atomic E-state index is -0.401. The Kier molecular flexibility index (Phi) is 2.90. The largest absolute Gasteiger partial charge is 0.368 e. The number of piperazine rings is 1. The summed E-state index contributed by atoms with van der Waals surface area (Å²) in [5.41, 5.74) is 5.49. The summed E-state index contributed by atoms with van der Waals surface area (Å²) >= 11 is 0. The molecular weight excluding hydrogens is 222 g/mol. The number of imide groups is 1. The number of hydrogen-bond acceptors (Lipinski definition) is 6. The highest BCUT2D eigenvalue weighted by atomic mass is 16.2. The Labute approximate surface area is 98.0 Å². The number of hydrogen-bond donors (Lipinski definition) is 2. The van der Waals surface area contributed by atoms with Crippen LogP contribution in [0.2, 0.25) is 0 Å². The number of nitrogens with two attached hydrogens (primary N) is 1. The monoisotopic (exact) mass is 235 g/mol. The predicted molar refractivity (Wildman–Crippen MR) is 61.0 cm³/mol. The lowest BCUT2D eigenvalue weighted by Crippen LogP contribution is -2.58. The molecule has 0 bridgehead atoms. The average Bonchev–Trinajstić information content (AvgIpc) is 2.28. The fourth-order valence-electron chi connectivity index (χ4n) is 1.84. The molecule has 3 N–H and O–H groups in total. The maximum absolute atomic E-state index is 11.7. The molecule has 1 aromatic rings. The summed E-state index contributed by atoms with van der Waals surface area (Å²) in [7, 11) is 0. The van der Waals surface area contributed by atoms with Crippen molar-refractivity contribution in [2.45, 2.75) is 19.4 Å². The zero-order valence-electron chi connectivity index (χ0n) is 9.38. The van der Waals surface area contributed by atoms with E-state index in [4.69, 9.17) is 5.73 Å². The highest BCUT2D eigenvalue weighted by Crippen LogP contribution is 2.18. The van der Waals surface area contributed by atoms with Crippen molar-refractivity contribution < 1.29 is 9.59 Å². The summed E-state index contributed by atoms with van der Waals surface area (Å²) in [5.74, 6) is -0.0267. The SMILES string of the molecule is CCC1C(=O)NC(=O)CN1c1ccnc(N)n1. The number of rotatable bonds is 2. The molecule has 7 heteroatoms. The molecule has 1 aliphatic rings. The van der Waals surface area contributed by atoms with Crippen LogP contribution in [0, 0.1) is 0 Å². The van der Waals surface area contributed by atoms with E-state index in [9.17, 15) is 9.59 Å². The van der Waals surface area contributed by atoms with E-state index < -0.39 is 6.04 Å². The van der Waals surface area contributed by atoms with Crippen molar-refractivity contribution in [1.29, 1.82) is 0 Å². The van der Waals surface area contributed by atoms with Crippen molar-refractivity contribution in [3.05, 3.63) is 12.3 Å². The lowest BCUT2D eigenvalue weighted by atomic mass is 10.1. The lowest BCUT2D eigenvalue weighted by Gasteiger charge is -2.34. The van der Waals surface area contributed by atoms with Gasteiger partial charge >= 0.3 is 0 Å². The molecule has 0 aliphatic carbocycles. The molecule has 1 fully saturated rings. The van der Waals surface area contributed by atoms with Gasteiger partial charge in [0.25, 0.3) is 0 Å². The Morgan fingerprint density at radius 2 is 2.35 bits per heavy atom. The molecule has 1 aromatic heterocycles. The lowest BCUT2D eigenvalue weighted by molar-refractivity contribution is -0.132. The summed E-state index contributed by atoms with van der Waals surface area (Å²) in [6, 6.07) is 1.23. The summed E-state index contributed by atoms with van der Waals surface area (Å²) in [4.78, 5) is 32.5. The smallest absolute Gasteiger partial charge is 0.249 e. The number of anilines is 2. The minimum Gasteiger partial charge on any atom is -0.368 e. The molecule has 1 saturated heterocycles. The third kappa shape index (κ3) is 2.17. The van der Waals surface area contributed by atoms with Gasteiger partial charge in [0.1, 0.15) is 11.9 Å². The second kappa shape index (κ2) is 4.36. The van der Waals surface area contributed by atoms with Gasteiger partial charge in [-0.2, -0.15) is 4.98 Å². The zero-order valence-corrected chi connectivity index (χ0v) is 9.38. The topological polar surface area (TPSA) is 101 Å². The second-order valence-corrected chi connectivity index (χ2v) is 3.74. The predicted octanol–water partition coefficient (Wildman–Crippen LogP) is -0.700. The Hall–Kier alpha value is -2.18. The third-order valence-corrected chi connectivity index (χ3v) is 2.60. The van der Waals surface area contributed by atoms with Gasteiger partial charge in [-0.1, -0.05) is 6.92 Å². The van der Waals surface area contributed by atoms with Crippen molar-refractivity contribution in [3.8, 4) is 0 Å². The summed E-state index contributed by atoms with van der Waals surface area (Å²) in [6.45, 7) is 1.97. The Bertz CT molecular complexity index is 462. The minimum absolute atomic E-state index is 0.0979. The van der Waals surface area contributed by atoms with Crippen molar-refractivity contribution in [2.24, 2.45) is 0 Å². The number of carbonyl (C=O) groups excluding carboxylic acids is 2. The van der Waals surface area contributed by atoms with Crippen LogP contribution in [0.25, 0.3) is 0 Å². The van der Waals surface area contributed by atoms with Gasteiger partial charge < -0.3 is 10.6 Å². The van der Waals surface area contributed by atoms with E-state index in [0.717, 1.165) is 0 Å². The summed E-state index contributed by atoms with van der Waals surface area (Å²) in [5, 5.41) is 2.30. The molecule has 1 aliphatic heterocycles. The van der Waals surface area contributed by atoms with E-state index in [1.54, 1.807) is 11.0 Å². The highest BCUT2D eigenvalue weighted by molar-refractivity contribution is 6.04. The molecule has 2 amide bonds. The number of nitrogens with one attached hydrogen (secondary N) is 1. The zero-order chi connectivity index (χ0) is 12.4. The number of amides is 2. The van der Waals surface area contributed by atoms with Crippen molar-refractivity contribution in [1.82, 2.24) is 15.3 Å². The van der Waals surface area contributed by atoms with Gasteiger partial charge in [-0.25, -0.2) is 4.98 Å². The molecule has 1 unspecified atom stereocenters. The number of aromatic nitrogens is 2. The maximum Gasteiger partial charge on any atom is 0.249 e. The standard InChI is InChI=1S/C10H13N5O2/c1-2-6-9(17)14-8(16)5-15(6)7-3-4-12-10(11)13-7/h3-4,6H,2,5H2,1H3,(H2,11,12,13)(H,14,16,17). The van der Waals surface area contributed by atoms with Crippen LogP contribution in [0.15, 0.2) is 12.3 Å². The maximum atomic E-state index is 11.7. The molecule has 7 nitrogen and oxygen atoms in total. The van der Waals surface area contributed by atoms with Crippen LogP contribution >= 0.6 is 0 Å². The first-order valence-electron chi connectivity index (χ1n) is 5.30.